The zero-order chi connectivity index (χ0) is 11.0. The SMILES string of the molecule is Cc1nccn1-c1nc(N)c(F)cc1F. The second kappa shape index (κ2) is 3.30. The van der Waals surface area contributed by atoms with E-state index in [1.807, 2.05) is 0 Å². The second-order valence-corrected chi connectivity index (χ2v) is 3.01. The Morgan fingerprint density at radius 2 is 2.07 bits per heavy atom. The summed E-state index contributed by atoms with van der Waals surface area (Å²) in [5.74, 6) is -1.48. The largest absolute Gasteiger partial charge is 0.381 e. The Labute approximate surface area is 84.4 Å². The van der Waals surface area contributed by atoms with E-state index in [0.717, 1.165) is 0 Å². The lowest BCUT2D eigenvalue weighted by molar-refractivity contribution is 0.568. The van der Waals surface area contributed by atoms with E-state index >= 15 is 0 Å². The van der Waals surface area contributed by atoms with Gasteiger partial charge in [0.05, 0.1) is 0 Å². The number of hydrogen-bond donors (Lipinski definition) is 1. The Morgan fingerprint density at radius 3 is 2.67 bits per heavy atom. The summed E-state index contributed by atoms with van der Waals surface area (Å²) < 4.78 is 27.6. The van der Waals surface area contributed by atoms with Gasteiger partial charge in [-0.2, -0.15) is 0 Å². The predicted molar refractivity (Wildman–Crippen MR) is 50.4 cm³/mol. The average Bonchev–Trinajstić information content (AvgIpc) is 2.58. The van der Waals surface area contributed by atoms with Crippen molar-refractivity contribution in [1.29, 1.82) is 0 Å². The van der Waals surface area contributed by atoms with Gasteiger partial charge in [0.2, 0.25) is 0 Å². The summed E-state index contributed by atoms with van der Waals surface area (Å²) in [5, 5.41) is 0. The highest BCUT2D eigenvalue weighted by Crippen LogP contribution is 2.16. The van der Waals surface area contributed by atoms with Crippen molar-refractivity contribution in [2.45, 2.75) is 6.92 Å². The average molecular weight is 210 g/mol. The zero-order valence-electron chi connectivity index (χ0n) is 7.91. The second-order valence-electron chi connectivity index (χ2n) is 3.01. The number of nitrogens with two attached hydrogens (primary N) is 1. The normalized spacial score (nSPS) is 10.6. The number of imidazole rings is 1. The smallest absolute Gasteiger partial charge is 0.176 e. The molecule has 0 aliphatic rings. The third-order valence-electron chi connectivity index (χ3n) is 1.99. The molecule has 0 bridgehead atoms. The molecule has 2 N–H and O–H groups in total. The maximum absolute atomic E-state index is 13.4. The summed E-state index contributed by atoms with van der Waals surface area (Å²) in [7, 11) is 0. The molecular weight excluding hydrogens is 202 g/mol. The molecular formula is C9H8F2N4. The number of aryl methyl sites for hydroxylation is 1. The van der Waals surface area contributed by atoms with Crippen LogP contribution in [0.3, 0.4) is 0 Å². The van der Waals surface area contributed by atoms with Crippen molar-refractivity contribution in [2.75, 3.05) is 5.73 Å². The van der Waals surface area contributed by atoms with Gasteiger partial charge in [-0.3, -0.25) is 4.57 Å². The molecule has 0 unspecified atom stereocenters. The van der Waals surface area contributed by atoms with Gasteiger partial charge in [-0.15, -0.1) is 0 Å². The number of nitrogen functional groups attached to an aromatic ring is 1. The van der Waals surface area contributed by atoms with Crippen LogP contribution in [0.15, 0.2) is 18.5 Å². The molecule has 0 saturated heterocycles. The Hall–Kier alpha value is -1.98. The maximum Gasteiger partial charge on any atom is 0.176 e. The molecule has 0 spiro atoms. The molecule has 78 valence electrons. The van der Waals surface area contributed by atoms with Gasteiger partial charge in [-0.1, -0.05) is 0 Å². The molecule has 0 aromatic carbocycles. The van der Waals surface area contributed by atoms with Crippen molar-refractivity contribution < 1.29 is 8.78 Å². The Morgan fingerprint density at radius 1 is 1.33 bits per heavy atom. The summed E-state index contributed by atoms with van der Waals surface area (Å²) >= 11 is 0. The summed E-state index contributed by atoms with van der Waals surface area (Å²) in [5.41, 5.74) is 5.26. The Kier molecular flexibility index (Phi) is 2.11. The van der Waals surface area contributed by atoms with Crippen LogP contribution in [0.25, 0.3) is 5.82 Å². The highest BCUT2D eigenvalue weighted by Gasteiger charge is 2.12. The first-order valence-electron chi connectivity index (χ1n) is 4.21. The van der Waals surface area contributed by atoms with E-state index in [9.17, 15) is 8.78 Å². The molecule has 2 rings (SSSR count). The molecule has 2 aromatic rings. The van der Waals surface area contributed by atoms with Crippen LogP contribution in [0.1, 0.15) is 5.82 Å². The van der Waals surface area contributed by atoms with Crippen LogP contribution in [-0.4, -0.2) is 14.5 Å². The number of anilines is 1. The van der Waals surface area contributed by atoms with Crippen LogP contribution in [0.5, 0.6) is 0 Å². The van der Waals surface area contributed by atoms with Crippen LogP contribution in [0, 0.1) is 18.6 Å². The number of nitrogens with zero attached hydrogens (tertiary/aromatic N) is 3. The minimum atomic E-state index is -0.867. The van der Waals surface area contributed by atoms with Crippen LogP contribution in [0.4, 0.5) is 14.6 Å². The van der Waals surface area contributed by atoms with Crippen molar-refractivity contribution >= 4 is 5.82 Å². The molecule has 15 heavy (non-hydrogen) atoms. The molecule has 0 aliphatic heterocycles. The summed E-state index contributed by atoms with van der Waals surface area (Å²) in [6, 6.07) is 0.705. The lowest BCUT2D eigenvalue weighted by atomic mass is 10.4. The van der Waals surface area contributed by atoms with E-state index in [1.165, 1.54) is 17.0 Å². The lowest BCUT2D eigenvalue weighted by Gasteiger charge is -2.06. The fourth-order valence-electron chi connectivity index (χ4n) is 1.24. The fraction of sp³-hybridized carbons (Fsp3) is 0.111. The molecule has 0 aliphatic carbocycles. The first-order valence-corrected chi connectivity index (χ1v) is 4.21. The standard InChI is InChI=1S/C9H8F2N4/c1-5-13-2-3-15(5)9-7(11)4-6(10)8(12)14-9/h2-4H,1H3,(H2,12,14). The van der Waals surface area contributed by atoms with Gasteiger partial charge in [-0.25, -0.2) is 18.7 Å². The minimum absolute atomic E-state index is 0.0519. The molecule has 2 aromatic heterocycles. The van der Waals surface area contributed by atoms with Crippen LogP contribution in [0.2, 0.25) is 0 Å². The molecule has 6 heteroatoms. The maximum atomic E-state index is 13.4. The van der Waals surface area contributed by atoms with E-state index in [4.69, 9.17) is 5.73 Å². The van der Waals surface area contributed by atoms with E-state index in [1.54, 1.807) is 6.92 Å². The monoisotopic (exact) mass is 210 g/mol. The quantitative estimate of drug-likeness (QED) is 0.774. The first kappa shape index (κ1) is 9.57. The van der Waals surface area contributed by atoms with Gasteiger partial charge in [0, 0.05) is 18.5 Å². The summed E-state index contributed by atoms with van der Waals surface area (Å²) in [6.07, 6.45) is 3.02. The molecule has 0 saturated carbocycles. The lowest BCUT2D eigenvalue weighted by Crippen LogP contribution is -2.06. The van der Waals surface area contributed by atoms with Crippen LogP contribution in [-0.2, 0) is 0 Å². The predicted octanol–water partition coefficient (Wildman–Crippen LogP) is 1.44. The number of aromatic nitrogens is 3. The molecule has 0 amide bonds. The molecule has 4 nitrogen and oxygen atoms in total. The molecule has 2 heterocycles. The fourth-order valence-corrected chi connectivity index (χ4v) is 1.24. The van der Waals surface area contributed by atoms with Crippen molar-refractivity contribution in [3.63, 3.8) is 0 Å². The van der Waals surface area contributed by atoms with Crippen LogP contribution < -0.4 is 5.73 Å². The van der Waals surface area contributed by atoms with Gasteiger partial charge < -0.3 is 5.73 Å². The minimum Gasteiger partial charge on any atom is -0.381 e. The van der Waals surface area contributed by atoms with Crippen molar-refractivity contribution in [3.05, 3.63) is 35.9 Å². The summed E-state index contributed by atoms with van der Waals surface area (Å²) in [6.45, 7) is 1.68. The van der Waals surface area contributed by atoms with Gasteiger partial charge in [0.25, 0.3) is 0 Å². The van der Waals surface area contributed by atoms with Crippen molar-refractivity contribution in [1.82, 2.24) is 14.5 Å². The third kappa shape index (κ3) is 1.54. The Balaban J connectivity index is 2.64. The van der Waals surface area contributed by atoms with E-state index in [0.29, 0.717) is 11.9 Å². The highest BCUT2D eigenvalue weighted by molar-refractivity contribution is 5.38. The third-order valence-corrected chi connectivity index (χ3v) is 1.99. The van der Waals surface area contributed by atoms with E-state index in [2.05, 4.69) is 9.97 Å². The first-order chi connectivity index (χ1) is 7.09. The summed E-state index contributed by atoms with van der Waals surface area (Å²) in [4.78, 5) is 7.53. The topological polar surface area (TPSA) is 56.7 Å². The number of halogens is 2. The van der Waals surface area contributed by atoms with Gasteiger partial charge in [0.1, 0.15) is 5.82 Å². The molecule has 0 fully saturated rings. The van der Waals surface area contributed by atoms with E-state index in [-0.39, 0.29) is 11.6 Å². The van der Waals surface area contributed by atoms with Gasteiger partial charge in [0.15, 0.2) is 23.3 Å². The highest BCUT2D eigenvalue weighted by atomic mass is 19.1. The number of pyridine rings is 1. The van der Waals surface area contributed by atoms with Gasteiger partial charge in [-0.05, 0) is 6.92 Å². The van der Waals surface area contributed by atoms with Crippen LogP contribution >= 0.6 is 0 Å². The van der Waals surface area contributed by atoms with Gasteiger partial charge >= 0.3 is 0 Å². The molecule has 0 atom stereocenters. The van der Waals surface area contributed by atoms with Crippen molar-refractivity contribution in [2.24, 2.45) is 0 Å². The number of rotatable bonds is 1. The Bertz CT molecular complexity index is 507. The zero-order valence-corrected chi connectivity index (χ0v) is 7.91. The van der Waals surface area contributed by atoms with E-state index < -0.39 is 11.6 Å². The number of hydrogen-bond acceptors (Lipinski definition) is 3. The molecule has 0 radical (unpaired) electrons. The van der Waals surface area contributed by atoms with Crippen molar-refractivity contribution in [3.8, 4) is 5.82 Å².